The first-order valence-corrected chi connectivity index (χ1v) is 6.13. The van der Waals surface area contributed by atoms with Crippen LogP contribution in [0.1, 0.15) is 24.1 Å². The van der Waals surface area contributed by atoms with Crippen molar-refractivity contribution < 1.29 is 9.31 Å². The number of nitro groups is 1. The zero-order valence-electron chi connectivity index (χ0n) is 10.9. The summed E-state index contributed by atoms with van der Waals surface area (Å²) in [5.41, 5.74) is 1.35. The molecule has 6 heteroatoms. The summed E-state index contributed by atoms with van der Waals surface area (Å²) in [7, 11) is 0. The Morgan fingerprint density at radius 2 is 2.05 bits per heavy atom. The molecule has 5 nitrogen and oxygen atoms in total. The van der Waals surface area contributed by atoms with Gasteiger partial charge in [-0.3, -0.25) is 15.1 Å². The number of halogens is 1. The molecule has 1 aromatic carbocycles. The van der Waals surface area contributed by atoms with Crippen LogP contribution in [0.5, 0.6) is 0 Å². The Bertz CT molecular complexity index is 605. The number of benzene rings is 1. The highest BCUT2D eigenvalue weighted by Crippen LogP contribution is 2.17. The van der Waals surface area contributed by atoms with Gasteiger partial charge in [0, 0.05) is 31.0 Å². The second-order valence-corrected chi connectivity index (χ2v) is 4.46. The molecule has 0 unspecified atom stereocenters. The molecule has 1 N–H and O–H groups in total. The van der Waals surface area contributed by atoms with E-state index >= 15 is 0 Å². The molecule has 0 aliphatic rings. The molecule has 0 bridgehead atoms. The van der Waals surface area contributed by atoms with E-state index in [1.165, 1.54) is 12.1 Å². The minimum Gasteiger partial charge on any atom is -0.306 e. The van der Waals surface area contributed by atoms with E-state index in [9.17, 15) is 14.5 Å². The maximum absolute atomic E-state index is 13.3. The third kappa shape index (κ3) is 3.58. The zero-order valence-corrected chi connectivity index (χ0v) is 10.9. The summed E-state index contributed by atoms with van der Waals surface area (Å²) in [6, 6.07) is 7.38. The minimum atomic E-state index is -0.604. The van der Waals surface area contributed by atoms with Gasteiger partial charge in [0.1, 0.15) is 5.82 Å². The van der Waals surface area contributed by atoms with Crippen LogP contribution in [0, 0.1) is 15.9 Å². The predicted octanol–water partition coefficient (Wildman–Crippen LogP) is 2.98. The van der Waals surface area contributed by atoms with E-state index < -0.39 is 10.7 Å². The molecule has 0 spiro atoms. The number of rotatable bonds is 5. The molecule has 0 aliphatic heterocycles. The van der Waals surface area contributed by atoms with Gasteiger partial charge in [-0.25, -0.2) is 4.39 Å². The van der Waals surface area contributed by atoms with Crippen molar-refractivity contribution in [2.75, 3.05) is 0 Å². The summed E-state index contributed by atoms with van der Waals surface area (Å²) in [5.74, 6) is -0.604. The lowest BCUT2D eigenvalue weighted by atomic mass is 10.1. The minimum absolute atomic E-state index is 0.0420. The number of non-ortho nitro benzene ring substituents is 1. The van der Waals surface area contributed by atoms with Crippen LogP contribution >= 0.6 is 0 Å². The van der Waals surface area contributed by atoms with E-state index in [0.717, 1.165) is 11.6 Å². The highest BCUT2D eigenvalue weighted by atomic mass is 19.1. The molecular weight excluding hydrogens is 261 g/mol. The van der Waals surface area contributed by atoms with E-state index in [-0.39, 0.29) is 11.7 Å². The van der Waals surface area contributed by atoms with Gasteiger partial charge >= 0.3 is 0 Å². The van der Waals surface area contributed by atoms with Gasteiger partial charge in [0.25, 0.3) is 5.69 Å². The number of nitrogens with zero attached hydrogens (tertiary/aromatic N) is 2. The van der Waals surface area contributed by atoms with Crippen molar-refractivity contribution in [3.63, 3.8) is 0 Å². The predicted molar refractivity (Wildman–Crippen MR) is 72.5 cm³/mol. The van der Waals surface area contributed by atoms with Crippen molar-refractivity contribution in [3.05, 3.63) is 69.8 Å². The normalized spacial score (nSPS) is 12.1. The third-order valence-corrected chi connectivity index (χ3v) is 2.97. The maximum atomic E-state index is 13.3. The molecule has 0 radical (unpaired) electrons. The van der Waals surface area contributed by atoms with E-state index in [1.54, 1.807) is 12.4 Å². The van der Waals surface area contributed by atoms with Crippen LogP contribution in [-0.4, -0.2) is 9.91 Å². The third-order valence-electron chi connectivity index (χ3n) is 2.97. The quantitative estimate of drug-likeness (QED) is 0.672. The van der Waals surface area contributed by atoms with Crippen molar-refractivity contribution >= 4 is 5.69 Å². The average molecular weight is 275 g/mol. The first kappa shape index (κ1) is 14.1. The standard InChI is InChI=1S/C14H14FN3O2/c1-10(12-2-4-16-5-3-12)17-9-11-6-13(15)8-14(7-11)18(19)20/h2-8,10,17H,9H2,1H3/t10-/m1/s1. The smallest absolute Gasteiger partial charge is 0.272 e. The highest BCUT2D eigenvalue weighted by Gasteiger charge is 2.11. The highest BCUT2D eigenvalue weighted by molar-refractivity contribution is 5.35. The van der Waals surface area contributed by atoms with E-state index in [4.69, 9.17) is 0 Å². The number of pyridine rings is 1. The Kier molecular flexibility index (Phi) is 4.37. The van der Waals surface area contributed by atoms with Crippen molar-refractivity contribution in [2.45, 2.75) is 19.5 Å². The Morgan fingerprint density at radius 3 is 2.70 bits per heavy atom. The first-order valence-electron chi connectivity index (χ1n) is 6.13. The van der Waals surface area contributed by atoms with Gasteiger partial charge in [0.05, 0.1) is 11.0 Å². The molecule has 20 heavy (non-hydrogen) atoms. The van der Waals surface area contributed by atoms with Gasteiger partial charge in [0.2, 0.25) is 0 Å². The Morgan fingerprint density at radius 1 is 1.35 bits per heavy atom. The van der Waals surface area contributed by atoms with Gasteiger partial charge in [-0.05, 0) is 36.2 Å². The lowest BCUT2D eigenvalue weighted by molar-refractivity contribution is -0.385. The lowest BCUT2D eigenvalue weighted by Crippen LogP contribution is -2.18. The van der Waals surface area contributed by atoms with Crippen LogP contribution in [0.2, 0.25) is 0 Å². The van der Waals surface area contributed by atoms with Gasteiger partial charge in [-0.1, -0.05) is 0 Å². The molecular formula is C14H14FN3O2. The van der Waals surface area contributed by atoms with Crippen LogP contribution in [0.15, 0.2) is 42.7 Å². The van der Waals surface area contributed by atoms with Crippen molar-refractivity contribution in [2.24, 2.45) is 0 Å². The molecule has 1 atom stereocenters. The fourth-order valence-corrected chi connectivity index (χ4v) is 1.88. The average Bonchev–Trinajstić information content (AvgIpc) is 2.45. The van der Waals surface area contributed by atoms with E-state index in [1.807, 2.05) is 19.1 Å². The second kappa shape index (κ2) is 6.21. The molecule has 0 amide bonds. The largest absolute Gasteiger partial charge is 0.306 e. The molecule has 0 fully saturated rings. The molecule has 2 rings (SSSR count). The van der Waals surface area contributed by atoms with Crippen molar-refractivity contribution in [1.29, 1.82) is 0 Å². The van der Waals surface area contributed by atoms with E-state index in [2.05, 4.69) is 10.3 Å². The fraction of sp³-hybridized carbons (Fsp3) is 0.214. The topological polar surface area (TPSA) is 68.1 Å². The monoisotopic (exact) mass is 275 g/mol. The molecule has 1 heterocycles. The number of nitro benzene ring substituents is 1. The van der Waals surface area contributed by atoms with Crippen LogP contribution in [0.3, 0.4) is 0 Å². The number of hydrogen-bond donors (Lipinski definition) is 1. The molecule has 0 aliphatic carbocycles. The summed E-state index contributed by atoms with van der Waals surface area (Å²) < 4.78 is 13.3. The van der Waals surface area contributed by atoms with Crippen molar-refractivity contribution in [3.8, 4) is 0 Å². The van der Waals surface area contributed by atoms with Gasteiger partial charge in [0.15, 0.2) is 0 Å². The van der Waals surface area contributed by atoms with Crippen LogP contribution < -0.4 is 5.32 Å². The Balaban J connectivity index is 2.06. The molecule has 104 valence electrons. The van der Waals surface area contributed by atoms with Gasteiger partial charge in [-0.15, -0.1) is 0 Å². The second-order valence-electron chi connectivity index (χ2n) is 4.46. The zero-order chi connectivity index (χ0) is 14.5. The van der Waals surface area contributed by atoms with Crippen LogP contribution in [-0.2, 0) is 6.54 Å². The number of aromatic nitrogens is 1. The van der Waals surface area contributed by atoms with Crippen molar-refractivity contribution in [1.82, 2.24) is 10.3 Å². The van der Waals surface area contributed by atoms with Crippen LogP contribution in [0.25, 0.3) is 0 Å². The summed E-state index contributed by atoms with van der Waals surface area (Å²) >= 11 is 0. The molecule has 0 saturated carbocycles. The number of nitrogens with one attached hydrogen (secondary N) is 1. The Labute approximate surface area is 115 Å². The molecule has 0 saturated heterocycles. The lowest BCUT2D eigenvalue weighted by Gasteiger charge is -2.14. The fourth-order valence-electron chi connectivity index (χ4n) is 1.88. The summed E-state index contributed by atoms with van der Waals surface area (Å²) in [5, 5.41) is 13.9. The summed E-state index contributed by atoms with van der Waals surface area (Å²) in [6.45, 7) is 2.31. The molecule has 1 aromatic heterocycles. The first-order chi connectivity index (χ1) is 9.56. The maximum Gasteiger partial charge on any atom is 0.272 e. The Hall–Kier alpha value is -2.34. The van der Waals surface area contributed by atoms with Crippen LogP contribution in [0.4, 0.5) is 10.1 Å². The van der Waals surface area contributed by atoms with E-state index in [0.29, 0.717) is 12.1 Å². The van der Waals surface area contributed by atoms with Gasteiger partial charge < -0.3 is 5.32 Å². The number of hydrogen-bond acceptors (Lipinski definition) is 4. The van der Waals surface area contributed by atoms with Gasteiger partial charge in [-0.2, -0.15) is 0 Å². The summed E-state index contributed by atoms with van der Waals surface area (Å²) in [4.78, 5) is 14.0. The molecule has 2 aromatic rings. The summed E-state index contributed by atoms with van der Waals surface area (Å²) in [6.07, 6.45) is 3.39. The SMILES string of the molecule is C[C@@H](NCc1cc(F)cc([N+](=O)[O-])c1)c1ccncc1.